The Balaban J connectivity index is 2.23. The molecule has 1 aromatic heterocycles. The lowest BCUT2D eigenvalue weighted by molar-refractivity contribution is -0.123. The van der Waals surface area contributed by atoms with E-state index < -0.39 is 11.4 Å². The molecule has 1 fully saturated rings. The first-order valence-corrected chi connectivity index (χ1v) is 6.66. The molecule has 0 spiro atoms. The van der Waals surface area contributed by atoms with E-state index in [2.05, 4.69) is 29.7 Å². The van der Waals surface area contributed by atoms with Crippen molar-refractivity contribution >= 4 is 5.91 Å². The van der Waals surface area contributed by atoms with Crippen LogP contribution in [0.2, 0.25) is 0 Å². The smallest absolute Gasteiger partial charge is 0.237 e. The standard InChI is InChI=1S/C13H22N4O/c1-3-9-7-10(4-2)17(16-9)11-5-6-13(15,8-11)12(14)18/h7,11H,3-6,8,15H2,1-2H3,(H2,14,18). The number of rotatable bonds is 4. The van der Waals surface area contributed by atoms with Crippen LogP contribution >= 0.6 is 0 Å². The van der Waals surface area contributed by atoms with Crippen molar-refractivity contribution in [1.29, 1.82) is 0 Å². The third-order valence-electron chi connectivity index (χ3n) is 3.95. The maximum Gasteiger partial charge on any atom is 0.237 e. The molecule has 0 saturated heterocycles. The van der Waals surface area contributed by atoms with Gasteiger partial charge in [-0.15, -0.1) is 0 Å². The molecule has 1 aliphatic carbocycles. The molecule has 1 amide bonds. The lowest BCUT2D eigenvalue weighted by Crippen LogP contribution is -2.49. The molecule has 0 aromatic carbocycles. The van der Waals surface area contributed by atoms with E-state index in [9.17, 15) is 4.79 Å². The molecule has 1 aliphatic rings. The second-order valence-corrected chi connectivity index (χ2v) is 5.20. The molecule has 5 heteroatoms. The number of aryl methyl sites for hydroxylation is 2. The Morgan fingerprint density at radius 1 is 1.56 bits per heavy atom. The fourth-order valence-corrected chi connectivity index (χ4v) is 2.72. The molecule has 100 valence electrons. The van der Waals surface area contributed by atoms with Crippen molar-refractivity contribution in [1.82, 2.24) is 9.78 Å². The normalized spacial score (nSPS) is 27.6. The van der Waals surface area contributed by atoms with E-state index in [1.165, 1.54) is 5.69 Å². The molecule has 4 N–H and O–H groups in total. The summed E-state index contributed by atoms with van der Waals surface area (Å²) >= 11 is 0. The fourth-order valence-electron chi connectivity index (χ4n) is 2.72. The van der Waals surface area contributed by atoms with E-state index in [0.29, 0.717) is 12.8 Å². The maximum absolute atomic E-state index is 11.4. The molecule has 1 saturated carbocycles. The number of carbonyl (C=O) groups excluding carboxylic acids is 1. The summed E-state index contributed by atoms with van der Waals surface area (Å²) in [4.78, 5) is 11.4. The summed E-state index contributed by atoms with van der Waals surface area (Å²) in [6.07, 6.45) is 3.99. The average molecular weight is 250 g/mol. The Labute approximate surface area is 108 Å². The summed E-state index contributed by atoms with van der Waals surface area (Å²) in [5.41, 5.74) is 12.9. The van der Waals surface area contributed by atoms with Crippen molar-refractivity contribution < 1.29 is 4.79 Å². The highest BCUT2D eigenvalue weighted by molar-refractivity contribution is 5.84. The summed E-state index contributed by atoms with van der Waals surface area (Å²) in [6, 6.07) is 2.35. The van der Waals surface area contributed by atoms with Gasteiger partial charge in [0.25, 0.3) is 0 Å². The maximum atomic E-state index is 11.4. The largest absolute Gasteiger partial charge is 0.368 e. The first kappa shape index (κ1) is 13.1. The quantitative estimate of drug-likeness (QED) is 0.833. The van der Waals surface area contributed by atoms with Gasteiger partial charge in [0.1, 0.15) is 0 Å². The number of carbonyl (C=O) groups is 1. The molecule has 0 bridgehead atoms. The van der Waals surface area contributed by atoms with E-state index in [-0.39, 0.29) is 6.04 Å². The van der Waals surface area contributed by atoms with Crippen LogP contribution in [-0.4, -0.2) is 21.2 Å². The van der Waals surface area contributed by atoms with Crippen molar-refractivity contribution in [2.45, 2.75) is 57.5 Å². The Bertz CT molecular complexity index is 454. The Morgan fingerprint density at radius 3 is 2.78 bits per heavy atom. The van der Waals surface area contributed by atoms with E-state index in [4.69, 9.17) is 11.5 Å². The van der Waals surface area contributed by atoms with Crippen molar-refractivity contribution in [3.63, 3.8) is 0 Å². The van der Waals surface area contributed by atoms with Crippen molar-refractivity contribution in [2.24, 2.45) is 11.5 Å². The zero-order valence-electron chi connectivity index (χ0n) is 11.1. The number of nitrogens with zero attached hydrogens (tertiary/aromatic N) is 2. The van der Waals surface area contributed by atoms with Crippen LogP contribution in [0.3, 0.4) is 0 Å². The van der Waals surface area contributed by atoms with Crippen LogP contribution in [0, 0.1) is 0 Å². The topological polar surface area (TPSA) is 86.9 Å². The summed E-state index contributed by atoms with van der Waals surface area (Å²) < 4.78 is 2.05. The summed E-state index contributed by atoms with van der Waals surface area (Å²) in [7, 11) is 0. The summed E-state index contributed by atoms with van der Waals surface area (Å²) in [6.45, 7) is 4.21. The molecular formula is C13H22N4O. The second-order valence-electron chi connectivity index (χ2n) is 5.20. The van der Waals surface area contributed by atoms with Gasteiger partial charge in [0, 0.05) is 5.69 Å². The van der Waals surface area contributed by atoms with Crippen LogP contribution in [0.4, 0.5) is 0 Å². The highest BCUT2D eigenvalue weighted by Gasteiger charge is 2.42. The molecule has 18 heavy (non-hydrogen) atoms. The van der Waals surface area contributed by atoms with Crippen molar-refractivity contribution in [3.05, 3.63) is 17.5 Å². The number of hydrogen-bond donors (Lipinski definition) is 2. The van der Waals surface area contributed by atoms with Gasteiger partial charge in [-0.2, -0.15) is 5.10 Å². The number of hydrogen-bond acceptors (Lipinski definition) is 3. The highest BCUT2D eigenvalue weighted by atomic mass is 16.1. The third-order valence-corrected chi connectivity index (χ3v) is 3.95. The lowest BCUT2D eigenvalue weighted by atomic mass is 9.98. The fraction of sp³-hybridized carbons (Fsp3) is 0.692. The number of nitrogens with two attached hydrogens (primary N) is 2. The monoisotopic (exact) mass is 250 g/mol. The molecule has 1 heterocycles. The molecule has 2 unspecified atom stereocenters. The minimum atomic E-state index is -0.853. The van der Waals surface area contributed by atoms with Gasteiger partial charge in [-0.05, 0) is 38.2 Å². The number of aromatic nitrogens is 2. The van der Waals surface area contributed by atoms with Gasteiger partial charge in [-0.25, -0.2) is 0 Å². The molecule has 1 aromatic rings. The third kappa shape index (κ3) is 2.14. The number of amides is 1. The van der Waals surface area contributed by atoms with Gasteiger partial charge in [0.05, 0.1) is 17.3 Å². The van der Waals surface area contributed by atoms with Crippen LogP contribution in [0.1, 0.15) is 50.5 Å². The predicted molar refractivity (Wildman–Crippen MR) is 70.0 cm³/mol. The van der Waals surface area contributed by atoms with E-state index >= 15 is 0 Å². The molecular weight excluding hydrogens is 228 g/mol. The minimum Gasteiger partial charge on any atom is -0.368 e. The molecule has 0 aliphatic heterocycles. The summed E-state index contributed by atoms with van der Waals surface area (Å²) in [5, 5.41) is 4.62. The zero-order chi connectivity index (χ0) is 13.3. The Morgan fingerprint density at radius 2 is 2.28 bits per heavy atom. The van der Waals surface area contributed by atoms with Crippen LogP contribution in [-0.2, 0) is 17.6 Å². The van der Waals surface area contributed by atoms with Gasteiger partial charge in [0.15, 0.2) is 0 Å². The molecule has 0 radical (unpaired) electrons. The second kappa shape index (κ2) is 4.72. The molecule has 2 atom stereocenters. The van der Waals surface area contributed by atoms with Gasteiger partial charge in [-0.3, -0.25) is 9.48 Å². The van der Waals surface area contributed by atoms with Crippen LogP contribution in [0.5, 0.6) is 0 Å². The van der Waals surface area contributed by atoms with Crippen LogP contribution in [0.25, 0.3) is 0 Å². The predicted octanol–water partition coefficient (Wildman–Crippen LogP) is 0.916. The van der Waals surface area contributed by atoms with Gasteiger partial charge >= 0.3 is 0 Å². The van der Waals surface area contributed by atoms with Crippen molar-refractivity contribution in [2.75, 3.05) is 0 Å². The molecule has 2 rings (SSSR count). The van der Waals surface area contributed by atoms with E-state index in [1.54, 1.807) is 0 Å². The number of primary amides is 1. The van der Waals surface area contributed by atoms with Gasteiger partial charge in [0.2, 0.25) is 5.91 Å². The molecule has 5 nitrogen and oxygen atoms in total. The first-order valence-electron chi connectivity index (χ1n) is 6.66. The minimum absolute atomic E-state index is 0.206. The van der Waals surface area contributed by atoms with Gasteiger partial charge < -0.3 is 11.5 Å². The van der Waals surface area contributed by atoms with E-state index in [0.717, 1.165) is 25.0 Å². The first-order chi connectivity index (χ1) is 8.50. The Kier molecular flexibility index (Phi) is 3.43. The highest BCUT2D eigenvalue weighted by Crippen LogP contribution is 2.36. The van der Waals surface area contributed by atoms with E-state index in [1.807, 2.05) is 0 Å². The zero-order valence-corrected chi connectivity index (χ0v) is 11.1. The van der Waals surface area contributed by atoms with Crippen molar-refractivity contribution in [3.8, 4) is 0 Å². The Hall–Kier alpha value is -1.36. The SMILES string of the molecule is CCc1cc(CC)n(C2CCC(N)(C(N)=O)C2)n1. The average Bonchev–Trinajstić information content (AvgIpc) is 2.92. The van der Waals surface area contributed by atoms with Crippen LogP contribution < -0.4 is 11.5 Å². The van der Waals surface area contributed by atoms with Crippen LogP contribution in [0.15, 0.2) is 6.07 Å². The summed E-state index contributed by atoms with van der Waals surface area (Å²) in [5.74, 6) is -0.397. The lowest BCUT2D eigenvalue weighted by Gasteiger charge is -2.20. The van der Waals surface area contributed by atoms with Gasteiger partial charge in [-0.1, -0.05) is 13.8 Å².